The molecular weight excluding hydrogens is 417 g/mol. The number of ether oxygens (including phenoxy) is 1. The van der Waals surface area contributed by atoms with E-state index in [0.717, 1.165) is 10.7 Å². The summed E-state index contributed by atoms with van der Waals surface area (Å²) >= 11 is 1.40. The average Bonchev–Trinajstić information content (AvgIpc) is 3.10. The number of hydrogen-bond donors (Lipinski definition) is 0. The maximum atomic E-state index is 13.9. The summed E-state index contributed by atoms with van der Waals surface area (Å²) in [5.41, 5.74) is 2.74. The maximum Gasteiger partial charge on any atom is 0.266 e. The van der Waals surface area contributed by atoms with Gasteiger partial charge in [-0.05, 0) is 31.5 Å². The highest BCUT2D eigenvalue weighted by atomic mass is 32.1. The van der Waals surface area contributed by atoms with Crippen LogP contribution in [-0.2, 0) is 4.74 Å². The molecule has 0 spiro atoms. The molecule has 0 aliphatic carbocycles. The van der Waals surface area contributed by atoms with Crippen LogP contribution in [-0.4, -0.2) is 59.6 Å². The Hall–Kier alpha value is -2.91. The second-order valence-electron chi connectivity index (χ2n) is 7.63. The van der Waals surface area contributed by atoms with Crippen molar-refractivity contribution < 1.29 is 13.9 Å². The monoisotopic (exact) mass is 441 g/mol. The number of rotatable bonds is 4. The largest absolute Gasteiger partial charge is 0.368 e. The minimum atomic E-state index is -0.452. The van der Waals surface area contributed by atoms with Crippen LogP contribution >= 0.6 is 11.3 Å². The van der Waals surface area contributed by atoms with Gasteiger partial charge < -0.3 is 14.5 Å². The van der Waals surface area contributed by atoms with E-state index in [1.807, 2.05) is 34.0 Å². The minimum Gasteiger partial charge on any atom is -0.368 e. The van der Waals surface area contributed by atoms with E-state index in [0.29, 0.717) is 47.3 Å². The van der Waals surface area contributed by atoms with Crippen LogP contribution in [0.15, 0.2) is 30.5 Å². The van der Waals surface area contributed by atoms with Gasteiger partial charge in [0.05, 0.1) is 29.5 Å². The summed E-state index contributed by atoms with van der Waals surface area (Å²) < 4.78 is 19.9. The Balaban J connectivity index is 1.69. The zero-order chi connectivity index (χ0) is 22.1. The van der Waals surface area contributed by atoms with Gasteiger partial charge in [0.15, 0.2) is 0 Å². The maximum absolute atomic E-state index is 13.9. The first kappa shape index (κ1) is 21.3. The molecule has 2 aromatic heterocycles. The fourth-order valence-corrected chi connectivity index (χ4v) is 4.48. The summed E-state index contributed by atoms with van der Waals surface area (Å²) in [5, 5.41) is 0.866. The average molecular weight is 442 g/mol. The molecule has 7 nitrogen and oxygen atoms in total. The third-order valence-electron chi connectivity index (χ3n) is 5.10. The molecule has 31 heavy (non-hydrogen) atoms. The summed E-state index contributed by atoms with van der Waals surface area (Å²) in [5.74, 6) is 0.138. The van der Waals surface area contributed by atoms with Crippen LogP contribution in [0.4, 0.5) is 10.3 Å². The van der Waals surface area contributed by atoms with E-state index < -0.39 is 6.10 Å². The molecule has 1 atom stereocenters. The Bertz CT molecular complexity index is 1120. The molecule has 1 aliphatic heterocycles. The number of thiazole rings is 1. The Morgan fingerprint density at radius 2 is 2.10 bits per heavy atom. The van der Waals surface area contributed by atoms with Gasteiger partial charge in [-0.3, -0.25) is 4.79 Å². The molecule has 3 aromatic rings. The number of carbonyl (C=O) groups is 1. The van der Waals surface area contributed by atoms with E-state index in [1.165, 1.54) is 23.5 Å². The lowest BCUT2D eigenvalue weighted by Gasteiger charge is -2.33. The highest BCUT2D eigenvalue weighted by Crippen LogP contribution is 2.32. The molecule has 162 valence electrons. The second kappa shape index (κ2) is 8.68. The first-order valence-corrected chi connectivity index (χ1v) is 10.8. The molecule has 9 heteroatoms. The first-order chi connectivity index (χ1) is 14.8. The van der Waals surface area contributed by atoms with Crippen molar-refractivity contribution in [2.75, 3.05) is 38.7 Å². The smallest absolute Gasteiger partial charge is 0.266 e. The molecule has 3 heterocycles. The molecule has 0 radical (unpaired) electrons. The van der Waals surface area contributed by atoms with Gasteiger partial charge in [-0.15, -0.1) is 11.3 Å². The van der Waals surface area contributed by atoms with Crippen molar-refractivity contribution in [2.45, 2.75) is 20.0 Å². The fourth-order valence-electron chi connectivity index (χ4n) is 3.60. The van der Waals surface area contributed by atoms with E-state index in [2.05, 4.69) is 9.97 Å². The van der Waals surface area contributed by atoms with Gasteiger partial charge in [-0.25, -0.2) is 19.3 Å². The summed E-state index contributed by atoms with van der Waals surface area (Å²) in [6.07, 6.45) is 1.24. The van der Waals surface area contributed by atoms with Gasteiger partial charge in [0, 0.05) is 32.4 Å². The van der Waals surface area contributed by atoms with Crippen LogP contribution in [0.2, 0.25) is 0 Å². The van der Waals surface area contributed by atoms with E-state index in [9.17, 15) is 9.18 Å². The Morgan fingerprint density at radius 3 is 2.77 bits per heavy atom. The molecule has 1 amide bonds. The van der Waals surface area contributed by atoms with E-state index in [4.69, 9.17) is 9.72 Å². The van der Waals surface area contributed by atoms with E-state index in [-0.39, 0.29) is 11.7 Å². The quantitative estimate of drug-likeness (QED) is 0.616. The molecule has 1 aliphatic rings. The highest BCUT2D eigenvalue weighted by Gasteiger charge is 2.31. The third kappa shape index (κ3) is 4.42. The Kier molecular flexibility index (Phi) is 5.97. The molecule has 0 N–H and O–H groups in total. The molecule has 1 fully saturated rings. The van der Waals surface area contributed by atoms with Crippen LogP contribution in [0.3, 0.4) is 0 Å². The van der Waals surface area contributed by atoms with E-state index >= 15 is 0 Å². The van der Waals surface area contributed by atoms with Gasteiger partial charge in [0.25, 0.3) is 5.91 Å². The SMILES string of the molecule is Cc1nc(C)c(C(=O)N2CCOC(c3nc(N(C)C)ncc3-c3cccc(F)c3)C2)s1. The number of amides is 1. The lowest BCUT2D eigenvalue weighted by molar-refractivity contribution is -0.0243. The normalized spacial score (nSPS) is 16.4. The standard InChI is InChI=1S/C22H24FN5O2S/c1-13-20(31-14(2)25-13)21(29)28-8-9-30-18(12-28)19-17(11-24-22(26-19)27(3)4)15-6-5-7-16(23)10-15/h5-7,10-11,18H,8-9,12H2,1-4H3. The number of carbonyl (C=O) groups excluding carboxylic acids is 1. The van der Waals surface area contributed by atoms with Gasteiger partial charge in [0.2, 0.25) is 5.95 Å². The van der Waals surface area contributed by atoms with Crippen LogP contribution < -0.4 is 4.90 Å². The fraction of sp³-hybridized carbons (Fsp3) is 0.364. The van der Waals surface area contributed by atoms with Crippen molar-refractivity contribution in [1.82, 2.24) is 19.9 Å². The topological polar surface area (TPSA) is 71.5 Å². The number of anilines is 1. The van der Waals surface area contributed by atoms with Crippen molar-refractivity contribution in [3.63, 3.8) is 0 Å². The van der Waals surface area contributed by atoms with Gasteiger partial charge in [-0.2, -0.15) is 0 Å². The van der Waals surface area contributed by atoms with Crippen LogP contribution in [0.1, 0.15) is 32.2 Å². The van der Waals surface area contributed by atoms with Crippen LogP contribution in [0.5, 0.6) is 0 Å². The van der Waals surface area contributed by atoms with Gasteiger partial charge in [0.1, 0.15) is 16.8 Å². The lowest BCUT2D eigenvalue weighted by Crippen LogP contribution is -2.42. The summed E-state index contributed by atoms with van der Waals surface area (Å²) in [6.45, 7) is 4.97. The number of halogens is 1. The number of benzene rings is 1. The van der Waals surface area contributed by atoms with Crippen molar-refractivity contribution in [2.24, 2.45) is 0 Å². The molecule has 0 bridgehead atoms. The van der Waals surface area contributed by atoms with E-state index in [1.54, 1.807) is 22.1 Å². The van der Waals surface area contributed by atoms with Crippen molar-refractivity contribution in [3.05, 3.63) is 57.6 Å². The zero-order valence-electron chi connectivity index (χ0n) is 17.9. The Morgan fingerprint density at radius 1 is 1.29 bits per heavy atom. The second-order valence-corrected chi connectivity index (χ2v) is 8.83. The van der Waals surface area contributed by atoms with Crippen molar-refractivity contribution >= 4 is 23.2 Å². The predicted octanol–water partition coefficient (Wildman–Crippen LogP) is 3.64. The van der Waals surface area contributed by atoms with Crippen molar-refractivity contribution in [3.8, 4) is 11.1 Å². The molecule has 1 saturated heterocycles. The molecule has 0 saturated carbocycles. The number of nitrogens with zero attached hydrogens (tertiary/aromatic N) is 5. The molecule has 4 rings (SSSR count). The van der Waals surface area contributed by atoms with Gasteiger partial charge in [-0.1, -0.05) is 12.1 Å². The zero-order valence-corrected chi connectivity index (χ0v) is 18.7. The highest BCUT2D eigenvalue weighted by molar-refractivity contribution is 7.13. The van der Waals surface area contributed by atoms with Crippen molar-refractivity contribution in [1.29, 1.82) is 0 Å². The van der Waals surface area contributed by atoms with Crippen LogP contribution in [0, 0.1) is 19.7 Å². The van der Waals surface area contributed by atoms with Gasteiger partial charge >= 0.3 is 0 Å². The minimum absolute atomic E-state index is 0.0504. The molecule has 1 aromatic carbocycles. The predicted molar refractivity (Wildman–Crippen MR) is 118 cm³/mol. The summed E-state index contributed by atoms with van der Waals surface area (Å²) in [7, 11) is 3.71. The van der Waals surface area contributed by atoms with Crippen LogP contribution in [0.25, 0.3) is 11.1 Å². The summed E-state index contributed by atoms with van der Waals surface area (Å²) in [6, 6.07) is 6.32. The molecular formula is C22H24FN5O2S. The lowest BCUT2D eigenvalue weighted by atomic mass is 10.0. The first-order valence-electron chi connectivity index (χ1n) is 9.98. The Labute approximate surface area is 184 Å². The summed E-state index contributed by atoms with van der Waals surface area (Å²) in [4.78, 5) is 30.9. The molecule has 1 unspecified atom stereocenters. The number of hydrogen-bond acceptors (Lipinski definition) is 7. The number of aromatic nitrogens is 3. The number of aryl methyl sites for hydroxylation is 2. The third-order valence-corrected chi connectivity index (χ3v) is 6.16. The number of morpholine rings is 1.